The van der Waals surface area contributed by atoms with Crippen LogP contribution >= 0.6 is 0 Å². The molecule has 134 valence electrons. The molecule has 0 aliphatic heterocycles. The minimum absolute atomic E-state index is 0.00525. The first-order valence-electron chi connectivity index (χ1n) is 7.70. The fraction of sp³-hybridized carbons (Fsp3) is 0.105. The lowest BCUT2D eigenvalue weighted by Crippen LogP contribution is -2.16. The van der Waals surface area contributed by atoms with Gasteiger partial charge in [-0.2, -0.15) is 0 Å². The van der Waals surface area contributed by atoms with Crippen LogP contribution in [-0.4, -0.2) is 34.9 Å². The lowest BCUT2D eigenvalue weighted by atomic mass is 10.1. The number of aliphatic hydroxyl groups excluding tert-OH is 1. The van der Waals surface area contributed by atoms with E-state index >= 15 is 0 Å². The number of benzene rings is 2. The van der Waals surface area contributed by atoms with Crippen molar-refractivity contribution in [2.45, 2.75) is 6.92 Å². The number of carbonyl (C=O) groups excluding carboxylic acids is 2. The average Bonchev–Trinajstić information content (AvgIpc) is 2.63. The quantitative estimate of drug-likeness (QED) is 0.360. The van der Waals surface area contributed by atoms with Gasteiger partial charge in [0.25, 0.3) is 5.91 Å². The summed E-state index contributed by atoms with van der Waals surface area (Å²) in [6.07, 6.45) is 0.820. The minimum atomic E-state index is -1.14. The maximum Gasteiger partial charge on any atom is 0.335 e. The van der Waals surface area contributed by atoms with E-state index in [2.05, 4.69) is 10.6 Å². The Morgan fingerprint density at radius 3 is 2.38 bits per heavy atom. The number of aromatic carboxylic acids is 1. The highest BCUT2D eigenvalue weighted by Crippen LogP contribution is 2.18. The van der Waals surface area contributed by atoms with Crippen molar-refractivity contribution in [1.82, 2.24) is 0 Å². The molecule has 2 rings (SSSR count). The number of carboxylic acid groups (broad SMARTS) is 1. The highest BCUT2D eigenvalue weighted by atomic mass is 16.4. The Labute approximate surface area is 150 Å². The standard InChI is InChI=1S/C19H18N2O5/c1-11-6-7-13(19(25)26)9-15(11)21-18(24)17(23)10-16(22)12-4-3-5-14(8-12)20-2/h3-10,20,23H,1-2H3,(H,21,24)(H,25,26)/b17-10-. The molecule has 0 saturated heterocycles. The third-order valence-electron chi connectivity index (χ3n) is 3.67. The molecule has 0 spiro atoms. The Morgan fingerprint density at radius 2 is 1.73 bits per heavy atom. The molecule has 0 bridgehead atoms. The first-order chi connectivity index (χ1) is 12.3. The number of hydrogen-bond acceptors (Lipinski definition) is 5. The monoisotopic (exact) mass is 354 g/mol. The minimum Gasteiger partial charge on any atom is -0.503 e. The van der Waals surface area contributed by atoms with Gasteiger partial charge in [-0.05, 0) is 36.8 Å². The third kappa shape index (κ3) is 4.47. The fourth-order valence-corrected chi connectivity index (χ4v) is 2.18. The van der Waals surface area contributed by atoms with E-state index in [1.54, 1.807) is 38.2 Å². The summed E-state index contributed by atoms with van der Waals surface area (Å²) in [6, 6.07) is 10.8. The van der Waals surface area contributed by atoms with Crippen LogP contribution in [0.25, 0.3) is 0 Å². The molecule has 0 atom stereocenters. The molecule has 2 aromatic carbocycles. The van der Waals surface area contributed by atoms with Crippen LogP contribution in [0, 0.1) is 6.92 Å². The van der Waals surface area contributed by atoms with Crippen molar-refractivity contribution in [3.8, 4) is 0 Å². The molecule has 0 unspecified atom stereocenters. The first kappa shape index (κ1) is 18.7. The second kappa shape index (κ2) is 7.98. The SMILES string of the molecule is CNc1cccc(C(=O)/C=C(\O)C(=O)Nc2cc(C(=O)O)ccc2C)c1. The van der Waals surface area contributed by atoms with Gasteiger partial charge in [0.05, 0.1) is 5.56 Å². The van der Waals surface area contributed by atoms with Gasteiger partial charge in [-0.3, -0.25) is 9.59 Å². The molecule has 0 aromatic heterocycles. The normalized spacial score (nSPS) is 10.9. The van der Waals surface area contributed by atoms with E-state index < -0.39 is 23.4 Å². The molecule has 4 N–H and O–H groups in total. The molecule has 0 aliphatic rings. The number of nitrogens with one attached hydrogen (secondary N) is 2. The lowest BCUT2D eigenvalue weighted by molar-refractivity contribution is -0.115. The maximum absolute atomic E-state index is 12.2. The number of amides is 1. The van der Waals surface area contributed by atoms with E-state index in [4.69, 9.17) is 5.11 Å². The Kier molecular flexibility index (Phi) is 5.74. The van der Waals surface area contributed by atoms with E-state index in [1.807, 2.05) is 0 Å². The van der Waals surface area contributed by atoms with Crippen LogP contribution in [0.3, 0.4) is 0 Å². The summed E-state index contributed by atoms with van der Waals surface area (Å²) >= 11 is 0. The zero-order valence-electron chi connectivity index (χ0n) is 14.2. The van der Waals surface area contributed by atoms with Crippen LogP contribution in [0.15, 0.2) is 54.3 Å². The predicted octanol–water partition coefficient (Wildman–Crippen LogP) is 3.00. The summed E-state index contributed by atoms with van der Waals surface area (Å²) in [5, 5.41) is 24.2. The van der Waals surface area contributed by atoms with Gasteiger partial charge in [0, 0.05) is 30.1 Å². The van der Waals surface area contributed by atoms with Gasteiger partial charge in [-0.1, -0.05) is 18.2 Å². The van der Waals surface area contributed by atoms with E-state index in [1.165, 1.54) is 18.2 Å². The first-order valence-corrected chi connectivity index (χ1v) is 7.70. The number of anilines is 2. The molecule has 2 aromatic rings. The topological polar surface area (TPSA) is 116 Å². The van der Waals surface area contributed by atoms with Crippen LogP contribution < -0.4 is 10.6 Å². The average molecular weight is 354 g/mol. The number of ketones is 1. The van der Waals surface area contributed by atoms with Crippen LogP contribution in [0.5, 0.6) is 0 Å². The zero-order chi connectivity index (χ0) is 19.3. The Balaban J connectivity index is 2.18. The molecule has 0 aliphatic carbocycles. The van der Waals surface area contributed by atoms with Crippen LogP contribution in [-0.2, 0) is 4.79 Å². The van der Waals surface area contributed by atoms with Crippen LogP contribution in [0.1, 0.15) is 26.3 Å². The number of rotatable bonds is 6. The fourth-order valence-electron chi connectivity index (χ4n) is 2.18. The highest BCUT2D eigenvalue weighted by Gasteiger charge is 2.14. The van der Waals surface area contributed by atoms with Crippen LogP contribution in [0.2, 0.25) is 0 Å². The molecule has 1 amide bonds. The maximum atomic E-state index is 12.2. The van der Waals surface area contributed by atoms with Crippen molar-refractivity contribution in [1.29, 1.82) is 0 Å². The second-order valence-electron chi connectivity index (χ2n) is 5.51. The largest absolute Gasteiger partial charge is 0.503 e. The van der Waals surface area contributed by atoms with Gasteiger partial charge in [-0.25, -0.2) is 4.79 Å². The summed E-state index contributed by atoms with van der Waals surface area (Å²) in [4.78, 5) is 35.3. The van der Waals surface area contributed by atoms with Crippen molar-refractivity contribution < 1.29 is 24.6 Å². The number of allylic oxidation sites excluding steroid dienone is 1. The molecular weight excluding hydrogens is 336 g/mol. The third-order valence-corrected chi connectivity index (χ3v) is 3.67. The number of carboxylic acids is 1. The highest BCUT2D eigenvalue weighted by molar-refractivity contribution is 6.11. The van der Waals surface area contributed by atoms with Crippen molar-refractivity contribution in [3.05, 3.63) is 71.0 Å². The number of carbonyl (C=O) groups is 3. The Hall–Kier alpha value is -3.61. The second-order valence-corrected chi connectivity index (χ2v) is 5.51. The number of hydrogen-bond donors (Lipinski definition) is 4. The summed E-state index contributed by atoms with van der Waals surface area (Å²) < 4.78 is 0. The van der Waals surface area contributed by atoms with Gasteiger partial charge >= 0.3 is 5.97 Å². The van der Waals surface area contributed by atoms with E-state index in [-0.39, 0.29) is 11.3 Å². The Morgan fingerprint density at radius 1 is 1.00 bits per heavy atom. The molecular formula is C19H18N2O5. The molecule has 26 heavy (non-hydrogen) atoms. The van der Waals surface area contributed by atoms with E-state index in [9.17, 15) is 19.5 Å². The molecule has 0 saturated carbocycles. The molecule has 7 heteroatoms. The molecule has 0 radical (unpaired) electrons. The smallest absolute Gasteiger partial charge is 0.335 e. The zero-order valence-corrected chi connectivity index (χ0v) is 14.2. The van der Waals surface area contributed by atoms with Crippen molar-refractivity contribution in [2.75, 3.05) is 17.7 Å². The summed E-state index contributed by atoms with van der Waals surface area (Å²) in [6.45, 7) is 1.68. The lowest BCUT2D eigenvalue weighted by Gasteiger charge is -2.09. The summed E-state index contributed by atoms with van der Waals surface area (Å²) in [5.41, 5.74) is 1.87. The van der Waals surface area contributed by atoms with Crippen molar-refractivity contribution in [2.24, 2.45) is 0 Å². The van der Waals surface area contributed by atoms with Gasteiger partial charge in [-0.15, -0.1) is 0 Å². The van der Waals surface area contributed by atoms with Crippen molar-refractivity contribution >= 4 is 29.0 Å². The van der Waals surface area contributed by atoms with Crippen molar-refractivity contribution in [3.63, 3.8) is 0 Å². The molecule has 0 fully saturated rings. The van der Waals surface area contributed by atoms with Crippen LogP contribution in [0.4, 0.5) is 11.4 Å². The molecule has 7 nitrogen and oxygen atoms in total. The number of aryl methyl sites for hydroxylation is 1. The van der Waals surface area contributed by atoms with Gasteiger partial charge < -0.3 is 20.8 Å². The molecule has 0 heterocycles. The van der Waals surface area contributed by atoms with Gasteiger partial charge in [0.2, 0.25) is 0 Å². The number of aliphatic hydroxyl groups is 1. The van der Waals surface area contributed by atoms with Gasteiger partial charge in [0.15, 0.2) is 11.5 Å². The van der Waals surface area contributed by atoms with E-state index in [0.29, 0.717) is 16.8 Å². The van der Waals surface area contributed by atoms with E-state index in [0.717, 1.165) is 6.08 Å². The Bertz CT molecular complexity index is 903. The van der Waals surface area contributed by atoms with Gasteiger partial charge in [0.1, 0.15) is 0 Å². The summed E-state index contributed by atoms with van der Waals surface area (Å²) in [5.74, 6) is -3.36. The predicted molar refractivity (Wildman–Crippen MR) is 97.8 cm³/mol. The summed E-state index contributed by atoms with van der Waals surface area (Å²) in [7, 11) is 1.71.